The third-order valence-electron chi connectivity index (χ3n) is 5.98. The number of carbonyl (C=O) groups excluding carboxylic acids is 3. The summed E-state index contributed by atoms with van der Waals surface area (Å²) in [6.07, 6.45) is 1.45. The molecule has 1 aromatic heterocycles. The molecular weight excluding hydrogens is 448 g/mol. The number of imide groups is 2. The van der Waals surface area contributed by atoms with Gasteiger partial charge in [-0.15, -0.1) is 0 Å². The standard InChI is InChI=1S/C26H24N4O5/c1-14-8-15(2)10-21(9-14)29-25(32)22(24(31)27-26(29)33)12-19-11-17(4)28(18(19)5)20-7-6-16(3)23(13-20)30(34)35/h6-13H,1-5H3,(H,27,31,33)/b22-12+. The minimum atomic E-state index is -0.806. The van der Waals surface area contributed by atoms with Crippen LogP contribution in [-0.4, -0.2) is 27.3 Å². The highest BCUT2D eigenvalue weighted by Gasteiger charge is 2.37. The summed E-state index contributed by atoms with van der Waals surface area (Å²) in [4.78, 5) is 50.4. The average molecular weight is 473 g/mol. The molecule has 0 atom stereocenters. The Kier molecular flexibility index (Phi) is 5.86. The fraction of sp³-hybridized carbons (Fsp3) is 0.192. The van der Waals surface area contributed by atoms with Gasteiger partial charge in [-0.3, -0.25) is 25.0 Å². The Morgan fingerprint density at radius 3 is 2.17 bits per heavy atom. The Hall–Kier alpha value is -4.53. The molecule has 9 nitrogen and oxygen atoms in total. The van der Waals surface area contributed by atoms with Crippen LogP contribution in [0, 0.1) is 44.7 Å². The maximum atomic E-state index is 13.3. The van der Waals surface area contributed by atoms with Crippen molar-refractivity contribution in [2.75, 3.05) is 4.90 Å². The number of nitro benzene ring substituents is 1. The van der Waals surface area contributed by atoms with Crippen molar-refractivity contribution in [1.82, 2.24) is 9.88 Å². The van der Waals surface area contributed by atoms with Gasteiger partial charge in [0.1, 0.15) is 5.57 Å². The van der Waals surface area contributed by atoms with Crippen molar-refractivity contribution in [1.29, 1.82) is 0 Å². The highest BCUT2D eigenvalue weighted by Crippen LogP contribution is 2.29. The zero-order valence-electron chi connectivity index (χ0n) is 20.0. The van der Waals surface area contributed by atoms with Crippen LogP contribution in [0.1, 0.15) is 33.6 Å². The Bertz CT molecular complexity index is 1440. The molecule has 9 heteroatoms. The SMILES string of the molecule is Cc1cc(C)cc(N2C(=O)NC(=O)/C(=C\c3cc(C)n(-c4ccc(C)c([N+](=O)[O-])c4)c3C)C2=O)c1. The molecule has 2 heterocycles. The van der Waals surface area contributed by atoms with E-state index in [0.717, 1.165) is 21.7 Å². The summed E-state index contributed by atoms with van der Waals surface area (Å²) in [6.45, 7) is 9.01. The van der Waals surface area contributed by atoms with Crippen LogP contribution in [0.25, 0.3) is 11.8 Å². The Balaban J connectivity index is 1.79. The second-order valence-corrected chi connectivity index (χ2v) is 8.69. The Morgan fingerprint density at radius 1 is 0.886 bits per heavy atom. The zero-order chi connectivity index (χ0) is 25.6. The number of hydrogen-bond donors (Lipinski definition) is 1. The number of carbonyl (C=O) groups is 3. The lowest BCUT2D eigenvalue weighted by atomic mass is 10.1. The van der Waals surface area contributed by atoms with Gasteiger partial charge in [0, 0.05) is 23.0 Å². The zero-order valence-corrected chi connectivity index (χ0v) is 20.0. The molecule has 1 aliphatic rings. The highest BCUT2D eigenvalue weighted by molar-refractivity contribution is 6.39. The maximum Gasteiger partial charge on any atom is 0.335 e. The number of nitro groups is 1. The minimum Gasteiger partial charge on any atom is -0.318 e. The van der Waals surface area contributed by atoms with Crippen LogP contribution in [0.3, 0.4) is 0 Å². The molecular formula is C26H24N4O5. The van der Waals surface area contributed by atoms with Crippen LogP contribution in [0.15, 0.2) is 48.0 Å². The first-order chi connectivity index (χ1) is 16.5. The first-order valence-corrected chi connectivity index (χ1v) is 10.9. The minimum absolute atomic E-state index is 0.000608. The van der Waals surface area contributed by atoms with E-state index in [-0.39, 0.29) is 11.3 Å². The molecule has 1 aliphatic heterocycles. The maximum absolute atomic E-state index is 13.3. The predicted octanol–water partition coefficient (Wildman–Crippen LogP) is 4.59. The molecule has 1 saturated heterocycles. The largest absolute Gasteiger partial charge is 0.335 e. The van der Waals surface area contributed by atoms with Gasteiger partial charge in [0.2, 0.25) is 0 Å². The number of nitrogens with zero attached hydrogens (tertiary/aromatic N) is 3. The smallest absolute Gasteiger partial charge is 0.318 e. The van der Waals surface area contributed by atoms with Crippen LogP contribution < -0.4 is 10.2 Å². The molecule has 1 fully saturated rings. The third kappa shape index (κ3) is 4.23. The van der Waals surface area contributed by atoms with Crippen molar-refractivity contribution >= 4 is 35.3 Å². The summed E-state index contributed by atoms with van der Waals surface area (Å²) in [5, 5.41) is 13.6. The molecule has 0 bridgehead atoms. The van der Waals surface area contributed by atoms with Gasteiger partial charge in [0.25, 0.3) is 17.5 Å². The van der Waals surface area contributed by atoms with E-state index in [0.29, 0.717) is 28.2 Å². The van der Waals surface area contributed by atoms with E-state index >= 15 is 0 Å². The van der Waals surface area contributed by atoms with E-state index in [1.54, 1.807) is 44.2 Å². The van der Waals surface area contributed by atoms with Crippen LogP contribution >= 0.6 is 0 Å². The Morgan fingerprint density at radius 2 is 1.54 bits per heavy atom. The van der Waals surface area contributed by atoms with E-state index in [1.807, 2.05) is 31.4 Å². The predicted molar refractivity (Wildman–Crippen MR) is 132 cm³/mol. The fourth-order valence-electron chi connectivity index (χ4n) is 4.39. The van der Waals surface area contributed by atoms with Gasteiger partial charge in [-0.05, 0) is 81.7 Å². The number of hydrogen-bond acceptors (Lipinski definition) is 5. The normalized spacial score (nSPS) is 15.1. The fourth-order valence-corrected chi connectivity index (χ4v) is 4.39. The second-order valence-electron chi connectivity index (χ2n) is 8.69. The quantitative estimate of drug-likeness (QED) is 0.258. The molecule has 2 aromatic carbocycles. The summed E-state index contributed by atoms with van der Waals surface area (Å²) < 4.78 is 1.82. The lowest BCUT2D eigenvalue weighted by molar-refractivity contribution is -0.385. The van der Waals surface area contributed by atoms with E-state index < -0.39 is 22.8 Å². The van der Waals surface area contributed by atoms with E-state index in [9.17, 15) is 24.5 Å². The number of barbiturate groups is 1. The first-order valence-electron chi connectivity index (χ1n) is 10.9. The molecule has 4 amide bonds. The number of aryl methyl sites for hydroxylation is 4. The van der Waals surface area contributed by atoms with Crippen molar-refractivity contribution in [3.8, 4) is 5.69 Å². The molecule has 1 N–H and O–H groups in total. The van der Waals surface area contributed by atoms with E-state index in [1.165, 1.54) is 12.1 Å². The van der Waals surface area contributed by atoms with Crippen molar-refractivity contribution < 1.29 is 19.3 Å². The van der Waals surface area contributed by atoms with Crippen molar-refractivity contribution in [3.63, 3.8) is 0 Å². The molecule has 35 heavy (non-hydrogen) atoms. The summed E-state index contributed by atoms with van der Waals surface area (Å²) >= 11 is 0. The lowest BCUT2D eigenvalue weighted by Gasteiger charge is -2.27. The number of benzene rings is 2. The Labute approximate surface area is 201 Å². The summed E-state index contributed by atoms with van der Waals surface area (Å²) in [5.74, 6) is -1.50. The van der Waals surface area contributed by atoms with Gasteiger partial charge in [0.05, 0.1) is 16.3 Å². The summed E-state index contributed by atoms with van der Waals surface area (Å²) in [6, 6.07) is 11.2. The van der Waals surface area contributed by atoms with Crippen LogP contribution in [0.4, 0.5) is 16.2 Å². The molecule has 0 aliphatic carbocycles. The van der Waals surface area contributed by atoms with E-state index in [4.69, 9.17) is 0 Å². The average Bonchev–Trinajstić information content (AvgIpc) is 3.03. The molecule has 0 spiro atoms. The number of nitrogens with one attached hydrogen (secondary N) is 1. The molecule has 4 rings (SSSR count). The number of amides is 4. The van der Waals surface area contributed by atoms with Gasteiger partial charge in [-0.2, -0.15) is 0 Å². The van der Waals surface area contributed by atoms with Gasteiger partial charge in [-0.1, -0.05) is 12.1 Å². The molecule has 0 unspecified atom stereocenters. The third-order valence-corrected chi connectivity index (χ3v) is 5.98. The summed E-state index contributed by atoms with van der Waals surface area (Å²) in [7, 11) is 0. The second kappa shape index (κ2) is 8.68. The van der Waals surface area contributed by atoms with Gasteiger partial charge >= 0.3 is 6.03 Å². The van der Waals surface area contributed by atoms with Gasteiger partial charge in [-0.25, -0.2) is 9.69 Å². The topological polar surface area (TPSA) is 115 Å². The van der Waals surface area contributed by atoms with Crippen molar-refractivity contribution in [2.24, 2.45) is 0 Å². The van der Waals surface area contributed by atoms with Crippen LogP contribution in [0.2, 0.25) is 0 Å². The highest BCUT2D eigenvalue weighted by atomic mass is 16.6. The first kappa shape index (κ1) is 23.6. The van der Waals surface area contributed by atoms with Gasteiger partial charge < -0.3 is 4.57 Å². The number of anilines is 1. The van der Waals surface area contributed by atoms with Gasteiger partial charge in [0.15, 0.2) is 0 Å². The van der Waals surface area contributed by atoms with Crippen molar-refractivity contribution in [3.05, 3.63) is 91.8 Å². The molecule has 178 valence electrons. The van der Waals surface area contributed by atoms with E-state index in [2.05, 4.69) is 5.32 Å². The monoisotopic (exact) mass is 472 g/mol. The van der Waals surface area contributed by atoms with Crippen molar-refractivity contribution in [2.45, 2.75) is 34.6 Å². The number of aromatic nitrogens is 1. The van der Waals surface area contributed by atoms with Crippen LogP contribution in [-0.2, 0) is 9.59 Å². The lowest BCUT2D eigenvalue weighted by Crippen LogP contribution is -2.54. The molecule has 0 saturated carbocycles. The molecule has 3 aromatic rings. The molecule has 0 radical (unpaired) electrons. The summed E-state index contributed by atoms with van der Waals surface area (Å²) in [5.41, 5.74) is 5.11. The number of rotatable bonds is 4. The van der Waals surface area contributed by atoms with Crippen LogP contribution in [0.5, 0.6) is 0 Å². The number of urea groups is 1.